The fraction of sp³-hybridized carbons (Fsp3) is 0.154. The molecule has 0 fully saturated rings. The average molecular weight is 335 g/mol. The lowest BCUT2D eigenvalue weighted by molar-refractivity contribution is -0.137. The van der Waals surface area contributed by atoms with Gasteiger partial charge >= 0.3 is 6.18 Å². The Bertz CT molecular complexity index is 715. The second-order valence-electron chi connectivity index (χ2n) is 4.08. The number of hydrogen-bond acceptors (Lipinski definition) is 2. The Balaban J connectivity index is 2.62. The zero-order valence-electron chi connectivity index (χ0n) is 10.2. The molecular weight excluding hydrogens is 328 g/mol. The topological polar surface area (TPSA) is 49.0 Å². The molecule has 0 atom stereocenters. The van der Waals surface area contributed by atoms with Gasteiger partial charge in [0.15, 0.2) is 0 Å². The van der Waals surface area contributed by atoms with E-state index in [4.69, 9.17) is 28.5 Å². The van der Waals surface area contributed by atoms with Crippen LogP contribution < -0.4 is 0 Å². The number of hydrogen-bond donors (Lipinski definition) is 1. The van der Waals surface area contributed by atoms with Gasteiger partial charge in [0, 0.05) is 0 Å². The van der Waals surface area contributed by atoms with Gasteiger partial charge < -0.3 is 9.67 Å². The predicted octanol–water partition coefficient (Wildman–Crippen LogP) is 4.30. The van der Waals surface area contributed by atoms with Crippen LogP contribution in [0.4, 0.5) is 13.2 Å². The average Bonchev–Trinajstić information content (AvgIpc) is 2.69. The Kier molecular flexibility index (Phi) is 4.19. The molecule has 2 rings (SSSR count). The number of halogens is 5. The monoisotopic (exact) mass is 334 g/mol. The Morgan fingerprint density at radius 1 is 1.19 bits per heavy atom. The highest BCUT2D eigenvalue weighted by Crippen LogP contribution is 2.38. The molecule has 1 aromatic heterocycles. The summed E-state index contributed by atoms with van der Waals surface area (Å²) in [6, 6.07) is 5.98. The van der Waals surface area contributed by atoms with Crippen molar-refractivity contribution in [3.63, 3.8) is 0 Å². The number of aliphatic hydroxyl groups is 1. The van der Waals surface area contributed by atoms with Gasteiger partial charge in [0.05, 0.1) is 21.8 Å². The summed E-state index contributed by atoms with van der Waals surface area (Å²) in [6.45, 7) is -0.559. The smallest absolute Gasteiger partial charge is 0.376 e. The van der Waals surface area contributed by atoms with Crippen molar-refractivity contribution in [1.82, 2.24) is 4.57 Å². The molecule has 8 heteroatoms. The Hall–Kier alpha value is -1.68. The molecule has 0 aliphatic rings. The molecule has 0 spiro atoms. The minimum atomic E-state index is -4.45. The highest BCUT2D eigenvalue weighted by Gasteiger charge is 2.30. The second-order valence-corrected chi connectivity index (χ2v) is 4.82. The lowest BCUT2D eigenvalue weighted by atomic mass is 10.1. The molecule has 0 unspecified atom stereocenters. The zero-order chi connectivity index (χ0) is 15.8. The fourth-order valence-electron chi connectivity index (χ4n) is 1.91. The van der Waals surface area contributed by atoms with Crippen molar-refractivity contribution in [2.45, 2.75) is 12.9 Å². The molecule has 1 aromatic carbocycles. The standard InChI is InChI=1S/C13H7Cl2F3N2O/c14-10-9(5-19)11(20(6-21)12(10)15)7-1-3-8(4-2-7)13(16,17)18/h1-4,21H,6H2. The summed E-state index contributed by atoms with van der Waals surface area (Å²) in [5.74, 6) is 0. The van der Waals surface area contributed by atoms with Crippen molar-refractivity contribution in [3.05, 3.63) is 45.6 Å². The zero-order valence-corrected chi connectivity index (χ0v) is 11.8. The molecule has 0 aliphatic carbocycles. The van der Waals surface area contributed by atoms with Crippen LogP contribution in [0.3, 0.4) is 0 Å². The first-order chi connectivity index (χ1) is 9.81. The Labute approximate surface area is 127 Å². The Morgan fingerprint density at radius 2 is 1.76 bits per heavy atom. The third-order valence-electron chi connectivity index (χ3n) is 2.88. The van der Waals surface area contributed by atoms with Gasteiger partial charge in [-0.05, 0) is 17.7 Å². The van der Waals surface area contributed by atoms with E-state index in [1.807, 2.05) is 6.07 Å². The first-order valence-electron chi connectivity index (χ1n) is 5.57. The van der Waals surface area contributed by atoms with Gasteiger partial charge in [0.1, 0.15) is 18.0 Å². The molecule has 21 heavy (non-hydrogen) atoms. The van der Waals surface area contributed by atoms with Crippen molar-refractivity contribution in [1.29, 1.82) is 5.26 Å². The summed E-state index contributed by atoms with van der Waals surface area (Å²) < 4.78 is 38.8. The summed E-state index contributed by atoms with van der Waals surface area (Å²) in [4.78, 5) is 0. The number of benzene rings is 1. The summed E-state index contributed by atoms with van der Waals surface area (Å²) in [5.41, 5.74) is -0.356. The molecule has 0 bridgehead atoms. The van der Waals surface area contributed by atoms with Crippen LogP contribution in [0, 0.1) is 11.3 Å². The minimum Gasteiger partial charge on any atom is -0.376 e. The van der Waals surface area contributed by atoms with E-state index in [9.17, 15) is 18.3 Å². The van der Waals surface area contributed by atoms with Crippen molar-refractivity contribution < 1.29 is 18.3 Å². The maximum atomic E-state index is 12.5. The van der Waals surface area contributed by atoms with Crippen LogP contribution in [0.1, 0.15) is 11.1 Å². The van der Waals surface area contributed by atoms with Crippen molar-refractivity contribution >= 4 is 23.2 Å². The van der Waals surface area contributed by atoms with Crippen molar-refractivity contribution in [3.8, 4) is 17.3 Å². The van der Waals surface area contributed by atoms with E-state index in [0.717, 1.165) is 16.7 Å². The molecular formula is C13H7Cl2F3N2O. The molecule has 0 radical (unpaired) electrons. The van der Waals surface area contributed by atoms with E-state index in [1.54, 1.807) is 0 Å². The van der Waals surface area contributed by atoms with Crippen LogP contribution in [-0.2, 0) is 12.9 Å². The van der Waals surface area contributed by atoms with Crippen LogP contribution in [0.25, 0.3) is 11.3 Å². The van der Waals surface area contributed by atoms with Crippen LogP contribution in [-0.4, -0.2) is 9.67 Å². The number of nitriles is 1. The van der Waals surface area contributed by atoms with Gasteiger partial charge in [0.25, 0.3) is 0 Å². The van der Waals surface area contributed by atoms with E-state index in [0.29, 0.717) is 5.56 Å². The van der Waals surface area contributed by atoms with Crippen LogP contribution in [0.5, 0.6) is 0 Å². The van der Waals surface area contributed by atoms with Crippen molar-refractivity contribution in [2.75, 3.05) is 0 Å². The highest BCUT2D eigenvalue weighted by atomic mass is 35.5. The van der Waals surface area contributed by atoms with Crippen LogP contribution >= 0.6 is 23.2 Å². The second kappa shape index (κ2) is 5.60. The van der Waals surface area contributed by atoms with E-state index in [-0.39, 0.29) is 21.4 Å². The van der Waals surface area contributed by atoms with E-state index in [2.05, 4.69) is 0 Å². The predicted molar refractivity (Wildman–Crippen MR) is 71.8 cm³/mol. The number of aliphatic hydroxyl groups excluding tert-OH is 1. The van der Waals surface area contributed by atoms with E-state index < -0.39 is 18.5 Å². The largest absolute Gasteiger partial charge is 0.416 e. The van der Waals surface area contributed by atoms with Gasteiger partial charge in [-0.2, -0.15) is 18.4 Å². The number of alkyl halides is 3. The van der Waals surface area contributed by atoms with Gasteiger partial charge in [0.2, 0.25) is 0 Å². The summed E-state index contributed by atoms with van der Waals surface area (Å²) in [5, 5.41) is 18.3. The van der Waals surface area contributed by atoms with Gasteiger partial charge in [-0.3, -0.25) is 0 Å². The summed E-state index contributed by atoms with van der Waals surface area (Å²) >= 11 is 11.8. The third-order valence-corrected chi connectivity index (χ3v) is 3.74. The maximum Gasteiger partial charge on any atom is 0.416 e. The molecule has 0 saturated heterocycles. The number of nitrogens with zero attached hydrogens (tertiary/aromatic N) is 2. The minimum absolute atomic E-state index is 0.00419. The number of aromatic nitrogens is 1. The first-order valence-corrected chi connectivity index (χ1v) is 6.33. The molecule has 110 valence electrons. The van der Waals surface area contributed by atoms with Crippen LogP contribution in [0.15, 0.2) is 24.3 Å². The van der Waals surface area contributed by atoms with Gasteiger partial charge in [-0.15, -0.1) is 0 Å². The molecule has 1 N–H and O–H groups in total. The molecule has 0 amide bonds. The van der Waals surface area contributed by atoms with Gasteiger partial charge in [-0.25, -0.2) is 0 Å². The molecule has 2 aromatic rings. The lowest BCUT2D eigenvalue weighted by Gasteiger charge is -2.10. The van der Waals surface area contributed by atoms with Gasteiger partial charge in [-0.1, -0.05) is 35.3 Å². The first kappa shape index (κ1) is 15.7. The molecule has 3 nitrogen and oxygen atoms in total. The van der Waals surface area contributed by atoms with E-state index in [1.165, 1.54) is 12.1 Å². The van der Waals surface area contributed by atoms with E-state index >= 15 is 0 Å². The SMILES string of the molecule is N#Cc1c(Cl)c(Cl)n(CO)c1-c1ccc(C(F)(F)F)cc1. The van der Waals surface area contributed by atoms with Crippen molar-refractivity contribution in [2.24, 2.45) is 0 Å². The Morgan fingerprint density at radius 3 is 2.19 bits per heavy atom. The van der Waals surface area contributed by atoms with Crippen LogP contribution in [0.2, 0.25) is 10.2 Å². The highest BCUT2D eigenvalue weighted by molar-refractivity contribution is 6.42. The molecule has 1 heterocycles. The quantitative estimate of drug-likeness (QED) is 0.889. The number of rotatable bonds is 2. The third kappa shape index (κ3) is 2.72. The normalized spacial score (nSPS) is 11.5. The fourth-order valence-corrected chi connectivity index (χ4v) is 2.38. The molecule has 0 saturated carbocycles. The summed E-state index contributed by atoms with van der Waals surface area (Å²) in [6.07, 6.45) is -4.45. The molecule has 0 aliphatic heterocycles. The lowest BCUT2D eigenvalue weighted by Crippen LogP contribution is -2.05. The summed E-state index contributed by atoms with van der Waals surface area (Å²) in [7, 11) is 0. The maximum absolute atomic E-state index is 12.5.